The lowest BCUT2D eigenvalue weighted by atomic mass is 9.93. The Hall–Kier alpha value is -2.88. The molecule has 2 aromatic rings. The molecule has 1 aromatic heterocycles. The molecule has 1 heterocycles. The summed E-state index contributed by atoms with van der Waals surface area (Å²) in [4.78, 5) is 17.6. The first kappa shape index (κ1) is 22.8. The summed E-state index contributed by atoms with van der Waals surface area (Å²) < 4.78 is 42.7. The number of aromatic nitrogens is 2. The van der Waals surface area contributed by atoms with Gasteiger partial charge in [-0.15, -0.1) is 10.2 Å². The fraction of sp³-hybridized carbons (Fsp3) is 0.400. The second kappa shape index (κ2) is 9.95. The van der Waals surface area contributed by atoms with Gasteiger partial charge in [0.05, 0.1) is 11.8 Å². The number of rotatable bonds is 6. The number of carbonyl (C=O) groups is 1. The van der Waals surface area contributed by atoms with E-state index in [1.165, 1.54) is 13.2 Å². The minimum atomic E-state index is -4.55. The lowest BCUT2D eigenvalue weighted by Gasteiger charge is -2.24. The highest BCUT2D eigenvalue weighted by Gasteiger charge is 2.30. The molecule has 1 amide bonds. The van der Waals surface area contributed by atoms with E-state index in [-0.39, 0.29) is 23.2 Å². The first-order chi connectivity index (χ1) is 14.8. The summed E-state index contributed by atoms with van der Waals surface area (Å²) in [5, 5.41) is 14.8. The number of carbonyl (C=O) groups excluding carboxylic acids is 1. The molecule has 1 aliphatic rings. The molecule has 166 valence electrons. The van der Waals surface area contributed by atoms with Gasteiger partial charge < -0.3 is 14.9 Å². The van der Waals surface area contributed by atoms with Crippen LogP contribution in [0.2, 0.25) is 5.02 Å². The molecular formula is C20H20ClF3N4O3. The molecular weight excluding hydrogens is 437 g/mol. The van der Waals surface area contributed by atoms with Crippen LogP contribution in [0.25, 0.3) is 11.1 Å². The van der Waals surface area contributed by atoms with Gasteiger partial charge in [0, 0.05) is 10.6 Å². The summed E-state index contributed by atoms with van der Waals surface area (Å²) in [5.41, 5.74) is 1.32. The molecule has 1 atom stereocenters. The fourth-order valence-electron chi connectivity index (χ4n) is 3.19. The molecule has 3 rings (SSSR count). The van der Waals surface area contributed by atoms with Crippen molar-refractivity contribution in [2.45, 2.75) is 37.9 Å². The van der Waals surface area contributed by atoms with Gasteiger partial charge in [0.2, 0.25) is 5.88 Å². The van der Waals surface area contributed by atoms with Gasteiger partial charge >= 0.3 is 6.18 Å². The predicted molar refractivity (Wildman–Crippen MR) is 108 cm³/mol. The minimum absolute atomic E-state index is 0.0633. The number of nitrogens with zero attached hydrogens (tertiary/aromatic N) is 3. The van der Waals surface area contributed by atoms with E-state index in [0.29, 0.717) is 23.4 Å². The average Bonchev–Trinajstić information content (AvgIpc) is 2.74. The van der Waals surface area contributed by atoms with Crippen LogP contribution < -0.4 is 10.1 Å². The molecule has 0 bridgehead atoms. The van der Waals surface area contributed by atoms with Gasteiger partial charge in [-0.1, -0.05) is 35.3 Å². The van der Waals surface area contributed by atoms with E-state index >= 15 is 0 Å². The third-order valence-electron chi connectivity index (χ3n) is 4.61. The van der Waals surface area contributed by atoms with Crippen LogP contribution in [-0.2, 0) is 4.84 Å². The van der Waals surface area contributed by atoms with Gasteiger partial charge in [-0.3, -0.25) is 4.79 Å². The monoisotopic (exact) mass is 456 g/mol. The van der Waals surface area contributed by atoms with Crippen LogP contribution in [0.4, 0.5) is 13.2 Å². The highest BCUT2D eigenvalue weighted by atomic mass is 35.5. The highest BCUT2D eigenvalue weighted by Crippen LogP contribution is 2.30. The Balaban J connectivity index is 1.88. The molecule has 1 aliphatic carbocycles. The van der Waals surface area contributed by atoms with Crippen LogP contribution >= 0.6 is 11.6 Å². The maximum atomic E-state index is 12.8. The second-order valence-corrected chi connectivity index (χ2v) is 7.33. The zero-order chi connectivity index (χ0) is 22.4. The third kappa shape index (κ3) is 6.30. The molecule has 7 nitrogen and oxygen atoms in total. The molecule has 0 aliphatic heterocycles. The minimum Gasteiger partial charge on any atom is -0.467 e. The Morgan fingerprint density at radius 1 is 1.26 bits per heavy atom. The van der Waals surface area contributed by atoms with E-state index < -0.39 is 18.7 Å². The van der Waals surface area contributed by atoms with E-state index in [4.69, 9.17) is 21.2 Å². The Kier molecular flexibility index (Phi) is 7.32. The smallest absolute Gasteiger partial charge is 0.422 e. The maximum Gasteiger partial charge on any atom is 0.422 e. The van der Waals surface area contributed by atoms with Crippen LogP contribution in [0.5, 0.6) is 5.88 Å². The lowest BCUT2D eigenvalue weighted by Crippen LogP contribution is -2.43. The molecule has 0 radical (unpaired) electrons. The first-order valence-electron chi connectivity index (χ1n) is 9.51. The number of ether oxygens (including phenoxy) is 1. The number of hydrogen-bond donors (Lipinski definition) is 1. The maximum absolute atomic E-state index is 12.8. The molecule has 0 spiro atoms. The van der Waals surface area contributed by atoms with Crippen molar-refractivity contribution in [3.63, 3.8) is 0 Å². The van der Waals surface area contributed by atoms with Crippen LogP contribution in [0, 0.1) is 0 Å². The largest absolute Gasteiger partial charge is 0.467 e. The number of halogens is 4. The summed E-state index contributed by atoms with van der Waals surface area (Å²) in [7, 11) is 1.43. The molecule has 1 aromatic carbocycles. The molecule has 1 fully saturated rings. The zero-order valence-corrected chi connectivity index (χ0v) is 17.3. The lowest BCUT2D eigenvalue weighted by molar-refractivity contribution is -0.154. The Morgan fingerprint density at radius 3 is 2.68 bits per heavy atom. The van der Waals surface area contributed by atoms with Gasteiger partial charge in [-0.05, 0) is 43.0 Å². The van der Waals surface area contributed by atoms with E-state index in [9.17, 15) is 18.0 Å². The van der Waals surface area contributed by atoms with E-state index in [0.717, 1.165) is 18.6 Å². The van der Waals surface area contributed by atoms with Crippen LogP contribution in [0.15, 0.2) is 35.5 Å². The predicted octanol–water partition coefficient (Wildman–Crippen LogP) is 4.41. The second-order valence-electron chi connectivity index (χ2n) is 6.90. The Morgan fingerprint density at radius 2 is 2.00 bits per heavy atom. The molecule has 0 unspecified atom stereocenters. The van der Waals surface area contributed by atoms with Gasteiger partial charge in [-0.25, -0.2) is 0 Å². The number of alkyl halides is 3. The van der Waals surface area contributed by atoms with Crippen molar-refractivity contribution < 1.29 is 27.5 Å². The third-order valence-corrected chi connectivity index (χ3v) is 4.86. The van der Waals surface area contributed by atoms with Crippen molar-refractivity contribution in [3.05, 3.63) is 41.0 Å². The molecule has 31 heavy (non-hydrogen) atoms. The summed E-state index contributed by atoms with van der Waals surface area (Å²) in [6.45, 7) is -1.53. The molecule has 11 heteroatoms. The average molecular weight is 457 g/mol. The normalized spacial score (nSPS) is 18.0. The summed E-state index contributed by atoms with van der Waals surface area (Å²) in [5.74, 6) is -0.865. The topological polar surface area (TPSA) is 85.7 Å². The van der Waals surface area contributed by atoms with Crippen LogP contribution in [-0.4, -0.2) is 47.8 Å². The SMILES string of the molecule is CO/N=C1\CCCC[C@H]1NC(=O)c1cc(-c2ccc(Cl)cc2)c(OCC(F)(F)F)nn1. The first-order valence-corrected chi connectivity index (χ1v) is 9.88. The molecule has 1 saturated carbocycles. The Bertz CT molecular complexity index is 952. The fourth-order valence-corrected chi connectivity index (χ4v) is 3.32. The van der Waals surface area contributed by atoms with Gasteiger partial charge in [0.1, 0.15) is 7.11 Å². The van der Waals surface area contributed by atoms with Crippen molar-refractivity contribution in [1.82, 2.24) is 15.5 Å². The number of oxime groups is 1. The van der Waals surface area contributed by atoms with E-state index in [2.05, 4.69) is 20.7 Å². The summed E-state index contributed by atoms with van der Waals surface area (Å²) >= 11 is 5.90. The summed E-state index contributed by atoms with van der Waals surface area (Å²) in [6.07, 6.45) is -1.30. The van der Waals surface area contributed by atoms with Gasteiger partial charge in [-0.2, -0.15) is 13.2 Å². The highest BCUT2D eigenvalue weighted by molar-refractivity contribution is 6.30. The quantitative estimate of drug-likeness (QED) is 0.651. The number of hydrogen-bond acceptors (Lipinski definition) is 6. The molecule has 1 N–H and O–H groups in total. The van der Waals surface area contributed by atoms with Crippen LogP contribution in [0.1, 0.15) is 36.2 Å². The van der Waals surface area contributed by atoms with Gasteiger partial charge in [0.15, 0.2) is 12.3 Å². The van der Waals surface area contributed by atoms with Crippen LogP contribution in [0.3, 0.4) is 0 Å². The standard InChI is InChI=1S/C20H20ClF3N4O3/c1-30-28-16-5-3-2-4-15(16)25-18(29)17-10-14(12-6-8-13(21)9-7-12)19(27-26-17)31-11-20(22,23)24/h6-10,15H,2-5,11H2,1H3,(H,25,29)/b28-16+/t15-/m1/s1. The van der Waals surface area contributed by atoms with E-state index in [1.807, 2.05) is 0 Å². The number of benzene rings is 1. The molecule has 0 saturated heterocycles. The van der Waals surface area contributed by atoms with Crippen molar-refractivity contribution >= 4 is 23.2 Å². The number of amides is 1. The van der Waals surface area contributed by atoms with Crippen molar-refractivity contribution in [2.75, 3.05) is 13.7 Å². The zero-order valence-electron chi connectivity index (χ0n) is 16.6. The van der Waals surface area contributed by atoms with Crippen molar-refractivity contribution in [2.24, 2.45) is 5.16 Å². The van der Waals surface area contributed by atoms with Gasteiger partial charge in [0.25, 0.3) is 5.91 Å². The Labute approximate surface area is 181 Å². The van der Waals surface area contributed by atoms with E-state index in [1.54, 1.807) is 24.3 Å². The summed E-state index contributed by atoms with van der Waals surface area (Å²) in [6, 6.07) is 7.34. The number of nitrogens with one attached hydrogen (secondary N) is 1. The van der Waals surface area contributed by atoms with Crippen molar-refractivity contribution in [1.29, 1.82) is 0 Å². The van der Waals surface area contributed by atoms with Crippen molar-refractivity contribution in [3.8, 4) is 17.0 Å².